The number of nitrogens with zero attached hydrogens (tertiary/aromatic N) is 3. The molecule has 0 atom stereocenters. The van der Waals surface area contributed by atoms with E-state index in [2.05, 4.69) is 20.5 Å². The van der Waals surface area contributed by atoms with Crippen molar-refractivity contribution < 1.29 is 9.18 Å². The molecule has 6 nitrogen and oxygen atoms in total. The van der Waals surface area contributed by atoms with Crippen molar-refractivity contribution >= 4 is 35.1 Å². The lowest BCUT2D eigenvalue weighted by Crippen LogP contribution is -2.28. The minimum Gasteiger partial charge on any atom is -0.305 e. The summed E-state index contributed by atoms with van der Waals surface area (Å²) in [5, 5.41) is 10.3. The zero-order valence-corrected chi connectivity index (χ0v) is 13.7. The Kier molecular flexibility index (Phi) is 4.87. The van der Waals surface area contributed by atoms with Crippen molar-refractivity contribution in [3.05, 3.63) is 34.9 Å². The highest BCUT2D eigenvalue weighted by Gasteiger charge is 2.13. The zero-order chi connectivity index (χ0) is 16.2. The molecule has 0 radical (unpaired) electrons. The highest BCUT2D eigenvalue weighted by molar-refractivity contribution is 8.14. The molecule has 1 aliphatic heterocycles. The van der Waals surface area contributed by atoms with Gasteiger partial charge in [0.15, 0.2) is 15.8 Å². The first-order valence-corrected chi connectivity index (χ1v) is 8.41. The van der Waals surface area contributed by atoms with Gasteiger partial charge in [0.25, 0.3) is 0 Å². The summed E-state index contributed by atoms with van der Waals surface area (Å²) < 4.78 is 15.2. The first kappa shape index (κ1) is 15.9. The number of hydrogen-bond acceptors (Lipinski definition) is 5. The molecule has 23 heavy (non-hydrogen) atoms. The number of rotatable bonds is 4. The van der Waals surface area contributed by atoms with Crippen molar-refractivity contribution in [3.8, 4) is 11.4 Å². The average molecular weight is 351 g/mol. The van der Waals surface area contributed by atoms with Crippen LogP contribution in [0.2, 0.25) is 0 Å². The van der Waals surface area contributed by atoms with Gasteiger partial charge in [0.2, 0.25) is 5.91 Å². The molecule has 120 valence electrons. The van der Waals surface area contributed by atoms with Crippen molar-refractivity contribution in [3.63, 3.8) is 0 Å². The lowest BCUT2D eigenvalue weighted by molar-refractivity contribution is -0.119. The van der Waals surface area contributed by atoms with Crippen molar-refractivity contribution in [2.75, 3.05) is 12.3 Å². The molecule has 0 bridgehead atoms. The number of hydrogen-bond donors (Lipinski definition) is 2. The Morgan fingerprint density at radius 3 is 2.91 bits per heavy atom. The summed E-state index contributed by atoms with van der Waals surface area (Å²) in [6, 6.07) is 5.97. The molecular formula is C14H14FN5OS2. The van der Waals surface area contributed by atoms with E-state index in [1.807, 2.05) is 0 Å². The molecule has 0 fully saturated rings. The molecule has 0 saturated carbocycles. The maximum atomic E-state index is 13.0. The molecule has 1 aliphatic rings. The van der Waals surface area contributed by atoms with Crippen molar-refractivity contribution in [1.29, 1.82) is 0 Å². The minimum absolute atomic E-state index is 0.119. The maximum Gasteiger partial charge on any atom is 0.227 e. The van der Waals surface area contributed by atoms with Gasteiger partial charge < -0.3 is 5.32 Å². The first-order valence-electron chi connectivity index (χ1n) is 7.02. The second-order valence-electron chi connectivity index (χ2n) is 4.84. The number of halogens is 1. The molecule has 2 N–H and O–H groups in total. The van der Waals surface area contributed by atoms with Gasteiger partial charge in [0, 0.05) is 24.3 Å². The molecule has 0 saturated heterocycles. The molecule has 0 unspecified atom stereocenters. The molecule has 1 aromatic heterocycles. The third-order valence-electron chi connectivity index (χ3n) is 3.25. The summed E-state index contributed by atoms with van der Waals surface area (Å²) in [5.41, 5.74) is 0.731. The number of aromatic nitrogens is 3. The topological polar surface area (TPSA) is 75.1 Å². The van der Waals surface area contributed by atoms with Gasteiger partial charge in [0.05, 0.1) is 6.54 Å². The Balaban J connectivity index is 1.70. The van der Waals surface area contributed by atoms with Crippen molar-refractivity contribution in [2.24, 2.45) is 4.99 Å². The van der Waals surface area contributed by atoms with Gasteiger partial charge in [-0.15, -0.1) is 0 Å². The van der Waals surface area contributed by atoms with E-state index in [1.54, 1.807) is 16.7 Å². The van der Waals surface area contributed by atoms with Crippen LogP contribution in [-0.2, 0) is 11.3 Å². The quantitative estimate of drug-likeness (QED) is 0.829. The van der Waals surface area contributed by atoms with E-state index in [0.717, 1.165) is 17.9 Å². The Morgan fingerprint density at radius 1 is 1.43 bits per heavy atom. The number of carbonyl (C=O) groups is 1. The Morgan fingerprint density at radius 2 is 2.22 bits per heavy atom. The van der Waals surface area contributed by atoms with Gasteiger partial charge in [-0.3, -0.25) is 19.5 Å². The van der Waals surface area contributed by atoms with Gasteiger partial charge in [-0.2, -0.15) is 5.10 Å². The van der Waals surface area contributed by atoms with Gasteiger partial charge in [-0.05, 0) is 36.5 Å². The first-order chi connectivity index (χ1) is 11.1. The van der Waals surface area contributed by atoms with Gasteiger partial charge in [-0.1, -0.05) is 11.8 Å². The summed E-state index contributed by atoms with van der Waals surface area (Å²) in [6.07, 6.45) is 0.252. The van der Waals surface area contributed by atoms with E-state index >= 15 is 0 Å². The lowest BCUT2D eigenvalue weighted by Gasteiger charge is -2.07. The smallest absolute Gasteiger partial charge is 0.227 e. The summed E-state index contributed by atoms with van der Waals surface area (Å²) >= 11 is 6.74. The van der Waals surface area contributed by atoms with E-state index < -0.39 is 0 Å². The SMILES string of the molecule is O=C(CCn1c(-c2ccc(F)cc2)n[nH]c1=S)NC1=NCCS1. The van der Waals surface area contributed by atoms with Crippen molar-refractivity contribution in [1.82, 2.24) is 20.1 Å². The second kappa shape index (κ2) is 7.05. The zero-order valence-electron chi connectivity index (χ0n) is 12.1. The number of benzene rings is 1. The molecule has 2 aromatic rings. The summed E-state index contributed by atoms with van der Waals surface area (Å²) in [7, 11) is 0. The van der Waals surface area contributed by atoms with Crippen LogP contribution in [0.3, 0.4) is 0 Å². The van der Waals surface area contributed by atoms with Gasteiger partial charge >= 0.3 is 0 Å². The van der Waals surface area contributed by atoms with E-state index in [0.29, 0.717) is 22.3 Å². The number of carbonyl (C=O) groups excluding carboxylic acids is 1. The van der Waals surface area contributed by atoms with Crippen LogP contribution in [-0.4, -0.2) is 38.1 Å². The summed E-state index contributed by atoms with van der Waals surface area (Å²) in [5.74, 6) is 1.04. The van der Waals surface area contributed by atoms with Crippen LogP contribution in [0.4, 0.5) is 4.39 Å². The van der Waals surface area contributed by atoms with E-state index in [-0.39, 0.29) is 18.1 Å². The summed E-state index contributed by atoms with van der Waals surface area (Å²) in [4.78, 5) is 16.1. The molecule has 9 heteroatoms. The van der Waals surface area contributed by atoms with E-state index in [9.17, 15) is 9.18 Å². The number of aliphatic imine (C=N–C) groups is 1. The van der Waals surface area contributed by atoms with Crippen LogP contribution in [0.5, 0.6) is 0 Å². The third kappa shape index (κ3) is 3.85. The van der Waals surface area contributed by atoms with Crippen LogP contribution in [0.15, 0.2) is 29.3 Å². The number of aromatic amines is 1. The number of amidine groups is 1. The van der Waals surface area contributed by atoms with Gasteiger partial charge in [-0.25, -0.2) is 4.39 Å². The van der Waals surface area contributed by atoms with Crippen molar-refractivity contribution in [2.45, 2.75) is 13.0 Å². The Labute approximate surface area is 141 Å². The maximum absolute atomic E-state index is 13.0. The number of nitrogens with one attached hydrogen (secondary N) is 2. The molecule has 0 aliphatic carbocycles. The van der Waals surface area contributed by atoms with E-state index in [1.165, 1.54) is 23.9 Å². The predicted molar refractivity (Wildman–Crippen MR) is 90.3 cm³/mol. The Hall–Kier alpha value is -2.00. The fraction of sp³-hybridized carbons (Fsp3) is 0.286. The van der Waals surface area contributed by atoms with Crippen LogP contribution in [0.1, 0.15) is 6.42 Å². The molecule has 1 aromatic carbocycles. The molecule has 0 spiro atoms. The number of amides is 1. The fourth-order valence-corrected chi connectivity index (χ4v) is 3.12. The van der Waals surface area contributed by atoms with Gasteiger partial charge in [0.1, 0.15) is 5.82 Å². The molecule has 2 heterocycles. The number of thioether (sulfide) groups is 1. The lowest BCUT2D eigenvalue weighted by atomic mass is 10.2. The fourth-order valence-electron chi connectivity index (χ4n) is 2.15. The Bertz CT molecular complexity index is 796. The third-order valence-corrected chi connectivity index (χ3v) is 4.46. The molecule has 1 amide bonds. The largest absolute Gasteiger partial charge is 0.305 e. The van der Waals surface area contributed by atoms with Crippen LogP contribution in [0, 0.1) is 10.6 Å². The number of H-pyrrole nitrogens is 1. The van der Waals surface area contributed by atoms with E-state index in [4.69, 9.17) is 12.2 Å². The van der Waals surface area contributed by atoms with Crippen LogP contribution >= 0.6 is 24.0 Å². The highest BCUT2D eigenvalue weighted by Crippen LogP contribution is 2.18. The molecule has 3 rings (SSSR count). The summed E-state index contributed by atoms with van der Waals surface area (Å²) in [6.45, 7) is 1.12. The van der Waals surface area contributed by atoms with Crippen LogP contribution in [0.25, 0.3) is 11.4 Å². The highest BCUT2D eigenvalue weighted by atomic mass is 32.2. The minimum atomic E-state index is -0.316. The standard InChI is InChI=1S/C14H14FN5OS2/c15-10-3-1-9(2-4-10)12-18-19-14(22)20(12)7-5-11(21)17-13-16-6-8-23-13/h1-4H,5-8H2,(H,19,22)(H,16,17,21). The second-order valence-corrected chi connectivity index (χ2v) is 6.31. The normalized spacial score (nSPS) is 13.9. The van der Waals surface area contributed by atoms with Crippen LogP contribution < -0.4 is 5.32 Å². The molecular weight excluding hydrogens is 337 g/mol. The monoisotopic (exact) mass is 351 g/mol. The predicted octanol–water partition coefficient (Wildman–Crippen LogP) is 2.36. The average Bonchev–Trinajstić information content (AvgIpc) is 3.16.